The van der Waals surface area contributed by atoms with E-state index in [9.17, 15) is 8.78 Å². The van der Waals surface area contributed by atoms with Gasteiger partial charge < -0.3 is 30.1 Å². The third-order valence-electron chi connectivity index (χ3n) is 6.72. The van der Waals surface area contributed by atoms with Gasteiger partial charge >= 0.3 is 0 Å². The summed E-state index contributed by atoms with van der Waals surface area (Å²) in [6, 6.07) is 9.21. The molecule has 0 bridgehead atoms. The van der Waals surface area contributed by atoms with Gasteiger partial charge in [-0.25, -0.2) is 18.7 Å². The van der Waals surface area contributed by atoms with Crippen LogP contribution in [0, 0.1) is 11.6 Å². The molecule has 1 aromatic heterocycles. The van der Waals surface area contributed by atoms with E-state index in [1.54, 1.807) is 6.07 Å². The largest absolute Gasteiger partial charge is 0.486 e. The number of hydrogen-bond acceptors (Lipinski definition) is 8. The lowest BCUT2D eigenvalue weighted by Gasteiger charge is -2.34. The first kappa shape index (κ1) is 25.0. The van der Waals surface area contributed by atoms with E-state index < -0.39 is 11.6 Å². The molecule has 8 nitrogen and oxygen atoms in total. The van der Waals surface area contributed by atoms with Crippen LogP contribution in [0.3, 0.4) is 0 Å². The van der Waals surface area contributed by atoms with E-state index in [2.05, 4.69) is 36.5 Å². The van der Waals surface area contributed by atoms with Crippen molar-refractivity contribution in [1.82, 2.24) is 15.3 Å². The Hall–Kier alpha value is -3.66. The summed E-state index contributed by atoms with van der Waals surface area (Å²) < 4.78 is 35.5. The number of ether oxygens (including phenoxy) is 1. The zero-order chi connectivity index (χ0) is 26.1. The molecular weight excluding hydrogens is 476 g/mol. The molecule has 0 amide bonds. The molecule has 3 aromatic rings. The van der Waals surface area contributed by atoms with Crippen LogP contribution in [0.15, 0.2) is 36.5 Å². The van der Waals surface area contributed by atoms with Gasteiger partial charge in [0.05, 0.1) is 29.8 Å². The first-order valence-corrected chi connectivity index (χ1v) is 12.6. The van der Waals surface area contributed by atoms with E-state index >= 15 is 0 Å². The molecule has 1 saturated heterocycles. The fourth-order valence-electron chi connectivity index (χ4n) is 4.87. The van der Waals surface area contributed by atoms with E-state index in [0.29, 0.717) is 24.4 Å². The second kappa shape index (κ2) is 10.4. The van der Waals surface area contributed by atoms with Crippen LogP contribution in [0.4, 0.5) is 37.5 Å². The average molecular weight is 510 g/mol. The maximum atomic E-state index is 15.0. The van der Waals surface area contributed by atoms with Gasteiger partial charge in [0.2, 0.25) is 5.95 Å². The Kier molecular flexibility index (Phi) is 7.01. The van der Waals surface area contributed by atoms with Crippen LogP contribution in [0.25, 0.3) is 11.3 Å². The van der Waals surface area contributed by atoms with E-state index in [0.717, 1.165) is 49.4 Å². The minimum absolute atomic E-state index is 0.0266. The number of hydrogen-bond donors (Lipinski definition) is 2. The molecule has 3 heterocycles. The highest BCUT2D eigenvalue weighted by molar-refractivity contribution is 5.77. The summed E-state index contributed by atoms with van der Waals surface area (Å²) in [7, 11) is 4.01. The molecule has 2 aliphatic rings. The fourth-order valence-corrected chi connectivity index (χ4v) is 4.87. The predicted octanol–water partition coefficient (Wildman–Crippen LogP) is 4.25. The summed E-state index contributed by atoms with van der Waals surface area (Å²) in [4.78, 5) is 15.0. The maximum absolute atomic E-state index is 15.0. The maximum Gasteiger partial charge on any atom is 0.227 e. The van der Waals surface area contributed by atoms with Crippen molar-refractivity contribution >= 4 is 28.7 Å². The van der Waals surface area contributed by atoms with Crippen LogP contribution < -0.4 is 30.1 Å². The highest BCUT2D eigenvalue weighted by Crippen LogP contribution is 2.39. The SMILES string of the molecule is CC(C)N1CCOc2c(F)cc(-c3nc(Nc4ccc(N5CCNCC5)c(N(C)C)c4)ncc3F)cc21. The number of fused-ring (bicyclic) bond motifs is 1. The molecule has 196 valence electrons. The molecule has 0 unspecified atom stereocenters. The molecule has 5 rings (SSSR count). The van der Waals surface area contributed by atoms with E-state index in [4.69, 9.17) is 4.74 Å². The lowest BCUT2D eigenvalue weighted by molar-refractivity contribution is 0.287. The topological polar surface area (TPSA) is 68.8 Å². The van der Waals surface area contributed by atoms with Crippen LogP contribution in [-0.4, -0.2) is 69.4 Å². The molecule has 37 heavy (non-hydrogen) atoms. The quantitative estimate of drug-likeness (QED) is 0.511. The minimum atomic E-state index is -0.624. The summed E-state index contributed by atoms with van der Waals surface area (Å²) in [5.74, 6) is -0.742. The van der Waals surface area contributed by atoms with Gasteiger partial charge in [0, 0.05) is 57.6 Å². The van der Waals surface area contributed by atoms with Crippen molar-refractivity contribution in [2.75, 3.05) is 73.4 Å². The van der Waals surface area contributed by atoms with Gasteiger partial charge in [0.15, 0.2) is 17.4 Å². The molecule has 2 N–H and O–H groups in total. The van der Waals surface area contributed by atoms with Crippen molar-refractivity contribution in [3.8, 4) is 17.0 Å². The number of benzene rings is 2. The predicted molar refractivity (Wildman–Crippen MR) is 144 cm³/mol. The summed E-state index contributed by atoms with van der Waals surface area (Å²) in [5, 5.41) is 6.58. The van der Waals surface area contributed by atoms with Gasteiger partial charge in [0.25, 0.3) is 0 Å². The van der Waals surface area contributed by atoms with Crippen molar-refractivity contribution in [1.29, 1.82) is 0 Å². The van der Waals surface area contributed by atoms with Crippen molar-refractivity contribution in [3.05, 3.63) is 48.2 Å². The summed E-state index contributed by atoms with van der Waals surface area (Å²) >= 11 is 0. The molecule has 0 atom stereocenters. The molecule has 0 aliphatic carbocycles. The van der Waals surface area contributed by atoms with Gasteiger partial charge in [-0.05, 0) is 44.2 Å². The molecule has 2 aliphatic heterocycles. The Balaban J connectivity index is 1.46. The molecule has 10 heteroatoms. The number of piperazine rings is 1. The van der Waals surface area contributed by atoms with Gasteiger partial charge in [-0.2, -0.15) is 0 Å². The smallest absolute Gasteiger partial charge is 0.227 e. The van der Waals surface area contributed by atoms with Gasteiger partial charge in [-0.1, -0.05) is 0 Å². The molecule has 2 aromatic carbocycles. The molecule has 0 spiro atoms. The van der Waals surface area contributed by atoms with Crippen molar-refractivity contribution in [3.63, 3.8) is 0 Å². The normalized spacial score (nSPS) is 15.4. The van der Waals surface area contributed by atoms with E-state index in [-0.39, 0.29) is 23.4 Å². The monoisotopic (exact) mass is 509 g/mol. The van der Waals surface area contributed by atoms with Crippen LogP contribution in [0.2, 0.25) is 0 Å². The Labute approximate surface area is 216 Å². The first-order valence-electron chi connectivity index (χ1n) is 12.6. The summed E-state index contributed by atoms with van der Waals surface area (Å²) in [5.41, 5.74) is 3.94. The zero-order valence-electron chi connectivity index (χ0n) is 21.7. The van der Waals surface area contributed by atoms with Crippen molar-refractivity contribution in [2.45, 2.75) is 19.9 Å². The zero-order valence-corrected chi connectivity index (χ0v) is 21.7. The highest BCUT2D eigenvalue weighted by Gasteiger charge is 2.26. The van der Waals surface area contributed by atoms with Gasteiger partial charge in [-0.3, -0.25) is 0 Å². The van der Waals surface area contributed by atoms with Crippen LogP contribution in [-0.2, 0) is 0 Å². The lowest BCUT2D eigenvalue weighted by atomic mass is 10.1. The van der Waals surface area contributed by atoms with Crippen molar-refractivity contribution in [2.24, 2.45) is 0 Å². The third kappa shape index (κ3) is 5.11. The highest BCUT2D eigenvalue weighted by atomic mass is 19.1. The Bertz CT molecular complexity index is 1280. The molecule has 1 fully saturated rings. The number of nitrogens with one attached hydrogen (secondary N) is 2. The standard InChI is InChI=1S/C27H33F2N7O/c1-17(2)36-11-12-37-26-20(28)13-18(14-24(26)36)25-21(29)16-31-27(33-25)32-19-5-6-22(23(15-19)34(3)4)35-9-7-30-8-10-35/h5-6,13-17,30H,7-12H2,1-4H3,(H,31,32,33). The Morgan fingerprint density at radius 2 is 1.81 bits per heavy atom. The second-order valence-electron chi connectivity index (χ2n) is 9.79. The number of rotatable bonds is 6. The molecule has 0 radical (unpaired) electrons. The summed E-state index contributed by atoms with van der Waals surface area (Å²) in [6.45, 7) is 8.87. The third-order valence-corrected chi connectivity index (χ3v) is 6.72. The van der Waals surface area contributed by atoms with Crippen LogP contribution >= 0.6 is 0 Å². The fraction of sp³-hybridized carbons (Fsp3) is 0.407. The number of halogens is 2. The van der Waals surface area contributed by atoms with E-state index in [1.807, 2.05) is 45.0 Å². The van der Waals surface area contributed by atoms with Gasteiger partial charge in [-0.15, -0.1) is 0 Å². The first-order chi connectivity index (χ1) is 17.8. The van der Waals surface area contributed by atoms with Crippen LogP contribution in [0.5, 0.6) is 5.75 Å². The number of aromatic nitrogens is 2. The minimum Gasteiger partial charge on any atom is -0.486 e. The van der Waals surface area contributed by atoms with E-state index in [1.165, 1.54) is 6.07 Å². The Morgan fingerprint density at radius 3 is 2.54 bits per heavy atom. The number of nitrogens with zero attached hydrogens (tertiary/aromatic N) is 5. The summed E-state index contributed by atoms with van der Waals surface area (Å²) in [6.07, 6.45) is 1.11. The number of anilines is 5. The molecule has 0 saturated carbocycles. The Morgan fingerprint density at radius 1 is 1.03 bits per heavy atom. The van der Waals surface area contributed by atoms with Gasteiger partial charge in [0.1, 0.15) is 12.3 Å². The lowest BCUT2D eigenvalue weighted by Crippen LogP contribution is -2.44. The molecular formula is C27H33F2N7O. The second-order valence-corrected chi connectivity index (χ2v) is 9.79. The average Bonchev–Trinajstić information content (AvgIpc) is 2.89. The van der Waals surface area contributed by atoms with Crippen LogP contribution in [0.1, 0.15) is 13.8 Å². The van der Waals surface area contributed by atoms with Crippen molar-refractivity contribution < 1.29 is 13.5 Å².